The summed E-state index contributed by atoms with van der Waals surface area (Å²) < 4.78 is 8.03. The SMILES string of the molecule is CC(Cn1nc2c3c(cc(OCc4ccccc4)cc31)CCC2)N=[N+]=[N-]. The number of rotatable bonds is 6. The van der Waals surface area contributed by atoms with Gasteiger partial charge < -0.3 is 4.74 Å². The van der Waals surface area contributed by atoms with Crippen molar-refractivity contribution in [1.29, 1.82) is 0 Å². The summed E-state index contributed by atoms with van der Waals surface area (Å²) in [5.41, 5.74) is 13.3. The zero-order valence-corrected chi connectivity index (χ0v) is 14.8. The zero-order valence-electron chi connectivity index (χ0n) is 14.8. The largest absolute Gasteiger partial charge is 0.489 e. The van der Waals surface area contributed by atoms with Gasteiger partial charge in [0, 0.05) is 22.9 Å². The number of hydrogen-bond acceptors (Lipinski definition) is 3. The Bertz CT molecular complexity index is 973. The molecule has 0 aliphatic heterocycles. The predicted octanol–water partition coefficient (Wildman–Crippen LogP) is 4.80. The van der Waals surface area contributed by atoms with Crippen molar-refractivity contribution in [2.75, 3.05) is 0 Å². The van der Waals surface area contributed by atoms with Crippen LogP contribution >= 0.6 is 0 Å². The van der Waals surface area contributed by atoms with Crippen LogP contribution in [0.3, 0.4) is 0 Å². The molecule has 1 aromatic heterocycles. The van der Waals surface area contributed by atoms with Crippen LogP contribution in [0.2, 0.25) is 0 Å². The summed E-state index contributed by atoms with van der Waals surface area (Å²) in [6.45, 7) is 3.02. The van der Waals surface area contributed by atoms with Crippen molar-refractivity contribution in [2.45, 2.75) is 45.4 Å². The smallest absolute Gasteiger partial charge is 0.122 e. The van der Waals surface area contributed by atoms with Crippen LogP contribution in [0, 0.1) is 0 Å². The highest BCUT2D eigenvalue weighted by molar-refractivity contribution is 5.87. The number of azide groups is 1. The topological polar surface area (TPSA) is 75.8 Å². The van der Waals surface area contributed by atoms with E-state index in [1.807, 2.05) is 29.8 Å². The number of benzene rings is 2. The van der Waals surface area contributed by atoms with Crippen LogP contribution in [-0.2, 0) is 26.0 Å². The fourth-order valence-electron chi connectivity index (χ4n) is 3.60. The van der Waals surface area contributed by atoms with Crippen LogP contribution in [0.1, 0.15) is 30.2 Å². The lowest BCUT2D eigenvalue weighted by molar-refractivity contribution is 0.306. The van der Waals surface area contributed by atoms with Crippen LogP contribution in [0.25, 0.3) is 21.3 Å². The summed E-state index contributed by atoms with van der Waals surface area (Å²) in [6, 6.07) is 14.2. The molecule has 132 valence electrons. The Labute approximate surface area is 152 Å². The zero-order chi connectivity index (χ0) is 17.9. The molecule has 0 N–H and O–H groups in total. The van der Waals surface area contributed by atoms with Crippen molar-refractivity contribution in [3.8, 4) is 5.75 Å². The minimum atomic E-state index is -0.144. The van der Waals surface area contributed by atoms with Gasteiger partial charge in [-0.15, -0.1) is 0 Å². The molecule has 6 nitrogen and oxygen atoms in total. The number of aryl methyl sites for hydroxylation is 2. The molecule has 0 radical (unpaired) electrons. The van der Waals surface area contributed by atoms with Gasteiger partial charge in [-0.25, -0.2) is 0 Å². The molecule has 0 saturated heterocycles. The van der Waals surface area contributed by atoms with Gasteiger partial charge >= 0.3 is 0 Å². The molecular formula is C20H21N5O. The molecule has 3 aromatic rings. The molecule has 0 spiro atoms. The van der Waals surface area contributed by atoms with Crippen molar-refractivity contribution in [1.82, 2.24) is 9.78 Å². The Kier molecular flexibility index (Phi) is 4.50. The summed E-state index contributed by atoms with van der Waals surface area (Å²) in [5.74, 6) is 0.863. The average Bonchev–Trinajstić information content (AvgIpc) is 3.00. The lowest BCUT2D eigenvalue weighted by Gasteiger charge is -2.14. The first kappa shape index (κ1) is 16.5. The first-order chi connectivity index (χ1) is 12.7. The second-order valence-corrected chi connectivity index (χ2v) is 6.79. The summed E-state index contributed by atoms with van der Waals surface area (Å²) >= 11 is 0. The molecule has 1 atom stereocenters. The fourth-order valence-corrected chi connectivity index (χ4v) is 3.60. The maximum atomic E-state index is 8.66. The number of nitrogens with zero attached hydrogens (tertiary/aromatic N) is 5. The van der Waals surface area contributed by atoms with E-state index >= 15 is 0 Å². The first-order valence-electron chi connectivity index (χ1n) is 8.98. The highest BCUT2D eigenvalue weighted by atomic mass is 16.5. The maximum absolute atomic E-state index is 8.66. The lowest BCUT2D eigenvalue weighted by Crippen LogP contribution is -2.11. The lowest BCUT2D eigenvalue weighted by atomic mass is 9.94. The summed E-state index contributed by atoms with van der Waals surface area (Å²) in [4.78, 5) is 2.91. The van der Waals surface area contributed by atoms with Crippen molar-refractivity contribution in [3.63, 3.8) is 0 Å². The van der Waals surface area contributed by atoms with Crippen molar-refractivity contribution >= 4 is 10.9 Å². The van der Waals surface area contributed by atoms with Crippen LogP contribution in [0.5, 0.6) is 5.75 Å². The van der Waals surface area contributed by atoms with E-state index in [1.165, 1.54) is 10.9 Å². The highest BCUT2D eigenvalue weighted by Gasteiger charge is 2.20. The Hall–Kier alpha value is -2.98. The molecule has 1 unspecified atom stereocenters. The molecule has 4 rings (SSSR count). The Balaban J connectivity index is 1.68. The molecule has 1 aliphatic carbocycles. The number of ether oxygens (including phenoxy) is 1. The molecule has 0 bridgehead atoms. The molecule has 2 aromatic carbocycles. The summed E-state index contributed by atoms with van der Waals surface area (Å²) in [7, 11) is 0. The fraction of sp³-hybridized carbons (Fsp3) is 0.350. The first-order valence-corrected chi connectivity index (χ1v) is 8.98. The highest BCUT2D eigenvalue weighted by Crippen LogP contribution is 2.33. The summed E-state index contributed by atoms with van der Waals surface area (Å²) in [5, 5.41) is 9.81. The number of aromatic nitrogens is 2. The van der Waals surface area contributed by atoms with Gasteiger partial charge in [0.05, 0.1) is 17.3 Å². The predicted molar refractivity (Wildman–Crippen MR) is 101 cm³/mol. The van der Waals surface area contributed by atoms with E-state index < -0.39 is 0 Å². The quantitative estimate of drug-likeness (QED) is 0.365. The van der Waals surface area contributed by atoms with Crippen molar-refractivity contribution in [2.24, 2.45) is 5.11 Å². The van der Waals surface area contributed by atoms with E-state index in [4.69, 9.17) is 15.4 Å². The molecule has 6 heteroatoms. The molecule has 0 amide bonds. The Morgan fingerprint density at radius 3 is 2.92 bits per heavy atom. The number of hydrogen-bond donors (Lipinski definition) is 0. The molecule has 1 heterocycles. The van der Waals surface area contributed by atoms with Crippen LogP contribution in [0.15, 0.2) is 47.6 Å². The third-order valence-electron chi connectivity index (χ3n) is 4.77. The molecule has 1 aliphatic rings. The minimum absolute atomic E-state index is 0.144. The third kappa shape index (κ3) is 3.24. The second-order valence-electron chi connectivity index (χ2n) is 6.79. The molecule has 0 fully saturated rings. The van der Waals surface area contributed by atoms with Gasteiger partial charge in [0.25, 0.3) is 0 Å². The van der Waals surface area contributed by atoms with Crippen LogP contribution in [-0.4, -0.2) is 15.8 Å². The normalized spacial score (nSPS) is 14.0. The van der Waals surface area contributed by atoms with Gasteiger partial charge in [-0.1, -0.05) is 42.4 Å². The third-order valence-corrected chi connectivity index (χ3v) is 4.77. The Morgan fingerprint density at radius 1 is 1.27 bits per heavy atom. The van der Waals surface area contributed by atoms with E-state index in [0.29, 0.717) is 13.2 Å². The van der Waals surface area contributed by atoms with Gasteiger partial charge in [-0.2, -0.15) is 5.10 Å². The molecule has 26 heavy (non-hydrogen) atoms. The van der Waals surface area contributed by atoms with Crippen LogP contribution in [0.4, 0.5) is 0 Å². The van der Waals surface area contributed by atoms with Crippen LogP contribution < -0.4 is 4.74 Å². The van der Waals surface area contributed by atoms with E-state index in [2.05, 4.69) is 34.3 Å². The van der Waals surface area contributed by atoms with Gasteiger partial charge in [-0.3, -0.25) is 4.68 Å². The van der Waals surface area contributed by atoms with Gasteiger partial charge in [0.15, 0.2) is 0 Å². The van der Waals surface area contributed by atoms with E-state index in [0.717, 1.165) is 41.8 Å². The standard InChI is InChI=1S/C20H21N5O/c1-14(22-24-21)12-25-19-11-17(26-13-15-6-3-2-4-7-15)10-16-8-5-9-18(23-25)20(16)19/h2-4,6-7,10-11,14H,5,8-9,12-13H2,1H3. The summed E-state index contributed by atoms with van der Waals surface area (Å²) in [6.07, 6.45) is 3.15. The molecule has 0 saturated carbocycles. The molecular weight excluding hydrogens is 326 g/mol. The van der Waals surface area contributed by atoms with Gasteiger partial charge in [0.2, 0.25) is 0 Å². The van der Waals surface area contributed by atoms with E-state index in [-0.39, 0.29) is 6.04 Å². The Morgan fingerprint density at radius 2 is 2.12 bits per heavy atom. The van der Waals surface area contributed by atoms with Crippen molar-refractivity contribution in [3.05, 3.63) is 69.7 Å². The second kappa shape index (κ2) is 7.10. The maximum Gasteiger partial charge on any atom is 0.122 e. The average molecular weight is 347 g/mol. The van der Waals surface area contributed by atoms with E-state index in [1.54, 1.807) is 0 Å². The van der Waals surface area contributed by atoms with Gasteiger partial charge in [0.1, 0.15) is 12.4 Å². The van der Waals surface area contributed by atoms with Crippen molar-refractivity contribution < 1.29 is 4.74 Å². The minimum Gasteiger partial charge on any atom is -0.489 e. The van der Waals surface area contributed by atoms with E-state index in [9.17, 15) is 0 Å². The monoisotopic (exact) mass is 347 g/mol. The van der Waals surface area contributed by atoms with Gasteiger partial charge in [-0.05, 0) is 42.0 Å².